The van der Waals surface area contributed by atoms with Crippen LogP contribution in [0.3, 0.4) is 0 Å². The predicted octanol–water partition coefficient (Wildman–Crippen LogP) is 7.89. The highest BCUT2D eigenvalue weighted by Gasteiger charge is 2.28. The fraction of sp³-hybridized carbons (Fsp3) is 0.368. The average Bonchev–Trinajstić information content (AvgIpc) is 3.48. The summed E-state index contributed by atoms with van der Waals surface area (Å²) in [7, 11) is 0. The summed E-state index contributed by atoms with van der Waals surface area (Å²) in [5.74, 6) is 0.0826. The minimum absolute atomic E-state index is 0.0771. The molecule has 0 atom stereocenters. The molecule has 1 saturated heterocycles. The number of benzene rings is 3. The van der Waals surface area contributed by atoms with E-state index in [0.717, 1.165) is 85.2 Å². The largest absolute Gasteiger partial charge is 0.370 e. The van der Waals surface area contributed by atoms with Crippen LogP contribution < -0.4 is 16.0 Å². The number of hydrogen-bond acceptors (Lipinski definition) is 5. The molecule has 2 heterocycles. The Kier molecular flexibility index (Phi) is 10.3. The molecule has 0 radical (unpaired) electrons. The molecule has 7 heteroatoms. The van der Waals surface area contributed by atoms with Crippen molar-refractivity contribution < 1.29 is 9.59 Å². The van der Waals surface area contributed by atoms with Crippen LogP contribution in [0.25, 0.3) is 11.1 Å². The maximum absolute atomic E-state index is 13.8. The summed E-state index contributed by atoms with van der Waals surface area (Å²) in [5, 5.41) is 5.17. The number of nitrogens with two attached hydrogens (primary N) is 1. The van der Waals surface area contributed by atoms with Gasteiger partial charge in [-0.1, -0.05) is 73.5 Å². The molecule has 6 nitrogen and oxygen atoms in total. The molecular weight excluding hydrogens is 577 g/mol. The van der Waals surface area contributed by atoms with Gasteiger partial charge in [0, 0.05) is 31.7 Å². The summed E-state index contributed by atoms with van der Waals surface area (Å²) >= 11 is 1.45. The molecule has 3 aromatic carbocycles. The third-order valence-corrected chi connectivity index (χ3v) is 10.1. The molecule has 0 spiro atoms. The van der Waals surface area contributed by atoms with Crippen LogP contribution in [-0.4, -0.2) is 41.9 Å². The molecule has 0 unspecified atom stereocenters. The van der Waals surface area contributed by atoms with Crippen molar-refractivity contribution in [3.63, 3.8) is 0 Å². The maximum atomic E-state index is 13.8. The molecule has 1 saturated carbocycles. The minimum atomic E-state index is -0.0771. The Hall–Kier alpha value is -3.94. The second kappa shape index (κ2) is 14.9. The van der Waals surface area contributed by atoms with E-state index >= 15 is 0 Å². The van der Waals surface area contributed by atoms with Crippen LogP contribution in [0.2, 0.25) is 0 Å². The van der Waals surface area contributed by atoms with Gasteiger partial charge in [-0.2, -0.15) is 0 Å². The van der Waals surface area contributed by atoms with E-state index in [1.54, 1.807) is 0 Å². The van der Waals surface area contributed by atoms with Gasteiger partial charge in [-0.3, -0.25) is 9.59 Å². The second-order valence-electron chi connectivity index (χ2n) is 12.5. The van der Waals surface area contributed by atoms with Crippen molar-refractivity contribution in [2.45, 2.75) is 76.4 Å². The van der Waals surface area contributed by atoms with Crippen LogP contribution in [0, 0.1) is 0 Å². The lowest BCUT2D eigenvalue weighted by Crippen LogP contribution is -2.44. The summed E-state index contributed by atoms with van der Waals surface area (Å²) in [6, 6.07) is 29.2. The van der Waals surface area contributed by atoms with Crippen molar-refractivity contribution in [1.82, 2.24) is 4.90 Å². The van der Waals surface area contributed by atoms with Crippen molar-refractivity contribution in [2.75, 3.05) is 23.3 Å². The van der Waals surface area contributed by atoms with Gasteiger partial charge in [0.2, 0.25) is 5.91 Å². The van der Waals surface area contributed by atoms with Gasteiger partial charge in [-0.15, -0.1) is 11.3 Å². The van der Waals surface area contributed by atoms with Crippen molar-refractivity contribution in [1.29, 1.82) is 0 Å². The van der Waals surface area contributed by atoms with E-state index < -0.39 is 0 Å². The molecule has 0 bridgehead atoms. The van der Waals surface area contributed by atoms with Gasteiger partial charge in [0.25, 0.3) is 5.91 Å². The quantitative estimate of drug-likeness (QED) is 0.200. The fourth-order valence-electron chi connectivity index (χ4n) is 6.75. The van der Waals surface area contributed by atoms with Crippen LogP contribution in [0.4, 0.5) is 11.4 Å². The average molecular weight is 621 g/mol. The number of nitrogens with zero attached hydrogens (tertiary/aromatic N) is 2. The molecule has 1 aliphatic heterocycles. The van der Waals surface area contributed by atoms with Gasteiger partial charge in [0.05, 0.1) is 22.7 Å². The summed E-state index contributed by atoms with van der Waals surface area (Å²) in [6.07, 6.45) is 8.98. The van der Waals surface area contributed by atoms with Crippen LogP contribution in [0.5, 0.6) is 0 Å². The summed E-state index contributed by atoms with van der Waals surface area (Å²) < 4.78 is 0. The molecule has 1 aliphatic carbocycles. The van der Waals surface area contributed by atoms with Crippen LogP contribution in [0.1, 0.15) is 72.2 Å². The maximum Gasteiger partial charge on any atom is 0.265 e. The van der Waals surface area contributed by atoms with Crippen LogP contribution >= 0.6 is 11.3 Å². The minimum Gasteiger partial charge on any atom is -0.370 e. The first-order valence-electron chi connectivity index (χ1n) is 16.5. The molecule has 6 rings (SSSR count). The Labute approximate surface area is 271 Å². The van der Waals surface area contributed by atoms with E-state index in [1.165, 1.54) is 24.2 Å². The number of nitrogens with one attached hydrogen (secondary N) is 1. The Morgan fingerprint density at radius 1 is 0.800 bits per heavy atom. The van der Waals surface area contributed by atoms with Gasteiger partial charge in [0.1, 0.15) is 0 Å². The number of amides is 2. The third kappa shape index (κ3) is 8.02. The molecule has 4 aromatic rings. The smallest absolute Gasteiger partial charge is 0.265 e. The first-order chi connectivity index (χ1) is 22.0. The summed E-state index contributed by atoms with van der Waals surface area (Å²) in [6.45, 7) is 2.55. The molecule has 3 N–H and O–H groups in total. The SMILES string of the molecule is NC1CCC(N(Cc2cccc(-c3ccc(N4CCCCCC4)c(NC(=O)c4cccs4)c3)c2)C(=O)Cc2ccccc2)CC1. The third-order valence-electron chi connectivity index (χ3n) is 9.25. The zero-order chi connectivity index (χ0) is 31.0. The topological polar surface area (TPSA) is 78.7 Å². The van der Waals surface area contributed by atoms with E-state index in [4.69, 9.17) is 5.73 Å². The number of carbonyl (C=O) groups is 2. The number of hydrogen-bond donors (Lipinski definition) is 2. The highest BCUT2D eigenvalue weighted by atomic mass is 32.1. The zero-order valence-electron chi connectivity index (χ0n) is 26.0. The van der Waals surface area contributed by atoms with E-state index in [0.29, 0.717) is 17.8 Å². The molecular formula is C38H44N4O2S. The first kappa shape index (κ1) is 31.1. The van der Waals surface area contributed by atoms with E-state index in [-0.39, 0.29) is 23.9 Å². The summed E-state index contributed by atoms with van der Waals surface area (Å²) in [4.78, 5) is 32.2. The molecule has 2 amide bonds. The Bertz CT molecular complexity index is 1560. The van der Waals surface area contributed by atoms with E-state index in [1.807, 2.05) is 47.8 Å². The first-order valence-corrected chi connectivity index (χ1v) is 17.3. The normalized spacial score (nSPS) is 18.6. The molecule has 234 valence electrons. The predicted molar refractivity (Wildman–Crippen MR) is 186 cm³/mol. The highest BCUT2D eigenvalue weighted by Crippen LogP contribution is 2.34. The van der Waals surface area contributed by atoms with Crippen molar-refractivity contribution in [3.05, 3.63) is 106 Å². The van der Waals surface area contributed by atoms with Crippen LogP contribution in [-0.2, 0) is 17.8 Å². The van der Waals surface area contributed by atoms with Gasteiger partial charge in [-0.25, -0.2) is 0 Å². The number of rotatable bonds is 9. The monoisotopic (exact) mass is 620 g/mol. The second-order valence-corrected chi connectivity index (χ2v) is 13.5. The standard InChI is InChI=1S/C38H44N4O2S/c39-32-16-18-33(19-17-32)42(37(43)25-28-10-4-3-5-11-28)27-29-12-8-13-30(24-29)31-15-20-35(41-21-6-1-2-7-22-41)34(26-31)40-38(44)36-14-9-23-45-36/h3-5,8-15,20,23-24,26,32-33H,1-2,6-7,16-19,21-22,25,27,39H2,(H,40,44). The van der Waals surface area contributed by atoms with Crippen molar-refractivity contribution in [2.24, 2.45) is 5.73 Å². The van der Waals surface area contributed by atoms with Crippen molar-refractivity contribution in [3.8, 4) is 11.1 Å². The number of thiophene rings is 1. The summed E-state index contributed by atoms with van der Waals surface area (Å²) in [5.41, 5.74) is 12.4. The van der Waals surface area contributed by atoms with Crippen molar-refractivity contribution >= 4 is 34.5 Å². The van der Waals surface area contributed by atoms with Gasteiger partial charge < -0.3 is 20.9 Å². The lowest BCUT2D eigenvalue weighted by molar-refractivity contribution is -0.134. The molecule has 45 heavy (non-hydrogen) atoms. The lowest BCUT2D eigenvalue weighted by atomic mass is 9.90. The van der Waals surface area contributed by atoms with Gasteiger partial charge in [0.15, 0.2) is 0 Å². The Balaban J connectivity index is 1.27. The Morgan fingerprint density at radius 3 is 2.27 bits per heavy atom. The van der Waals surface area contributed by atoms with Crippen LogP contribution in [0.15, 0.2) is 90.3 Å². The van der Waals surface area contributed by atoms with Gasteiger partial charge >= 0.3 is 0 Å². The van der Waals surface area contributed by atoms with E-state index in [2.05, 4.69) is 57.6 Å². The lowest BCUT2D eigenvalue weighted by Gasteiger charge is -2.36. The number of anilines is 2. The van der Waals surface area contributed by atoms with E-state index in [9.17, 15) is 9.59 Å². The number of carbonyl (C=O) groups excluding carboxylic acids is 2. The zero-order valence-corrected chi connectivity index (χ0v) is 26.8. The molecule has 1 aromatic heterocycles. The van der Waals surface area contributed by atoms with Gasteiger partial charge in [-0.05, 0) is 90.4 Å². The highest BCUT2D eigenvalue weighted by molar-refractivity contribution is 7.12. The Morgan fingerprint density at radius 2 is 1.53 bits per heavy atom. The fourth-order valence-corrected chi connectivity index (χ4v) is 7.37. The molecule has 2 fully saturated rings. The molecule has 2 aliphatic rings.